The minimum Gasteiger partial charge on any atom is -0.348 e. The van der Waals surface area contributed by atoms with Gasteiger partial charge in [0.05, 0.1) is 0 Å². The van der Waals surface area contributed by atoms with Crippen molar-refractivity contribution in [1.29, 1.82) is 5.26 Å². The predicted octanol–water partition coefficient (Wildman–Crippen LogP) is 1.77. The van der Waals surface area contributed by atoms with E-state index in [2.05, 4.69) is 20.3 Å². The number of nitriles is 1. The Morgan fingerprint density at radius 3 is 2.94 bits per heavy atom. The van der Waals surface area contributed by atoms with Gasteiger partial charge in [-0.1, -0.05) is 0 Å². The lowest BCUT2D eigenvalue weighted by Crippen LogP contribution is -2.13. The van der Waals surface area contributed by atoms with Crippen LogP contribution in [0.4, 0.5) is 17.5 Å². The van der Waals surface area contributed by atoms with E-state index in [4.69, 9.17) is 5.26 Å². The quantitative estimate of drug-likeness (QED) is 0.618. The van der Waals surface area contributed by atoms with Crippen molar-refractivity contribution >= 4 is 17.5 Å². The number of aromatic nitrogens is 3. The van der Waals surface area contributed by atoms with E-state index >= 15 is 0 Å². The van der Waals surface area contributed by atoms with Crippen LogP contribution in [0.2, 0.25) is 0 Å². The van der Waals surface area contributed by atoms with E-state index in [1.807, 2.05) is 36.5 Å². The third kappa shape index (κ3) is 2.34. The molecule has 2 aromatic heterocycles. The van der Waals surface area contributed by atoms with E-state index in [1.54, 1.807) is 13.0 Å². The number of nitrogens with one attached hydrogen (secondary N) is 2. The Morgan fingerprint density at radius 1 is 1.47 bits per heavy atom. The summed E-state index contributed by atoms with van der Waals surface area (Å²) in [6, 6.07) is 5.57. The SMILES string of the molecule is Cc1nc(NC#N)cc(N(C)c2ccc[nH]2)n1. The van der Waals surface area contributed by atoms with Gasteiger partial charge in [-0.25, -0.2) is 9.97 Å². The first-order chi connectivity index (χ1) is 8.20. The van der Waals surface area contributed by atoms with Gasteiger partial charge < -0.3 is 9.88 Å². The number of aryl methyl sites for hydroxylation is 1. The van der Waals surface area contributed by atoms with Crippen LogP contribution in [-0.4, -0.2) is 22.0 Å². The zero-order valence-electron chi connectivity index (χ0n) is 9.60. The molecule has 0 spiro atoms. The summed E-state index contributed by atoms with van der Waals surface area (Å²) < 4.78 is 0. The second-order valence-electron chi connectivity index (χ2n) is 3.51. The number of anilines is 3. The summed E-state index contributed by atoms with van der Waals surface area (Å²) >= 11 is 0. The largest absolute Gasteiger partial charge is 0.348 e. The van der Waals surface area contributed by atoms with Gasteiger partial charge in [-0.05, 0) is 19.1 Å². The molecule has 2 rings (SSSR count). The first-order valence-electron chi connectivity index (χ1n) is 5.08. The zero-order chi connectivity index (χ0) is 12.3. The van der Waals surface area contributed by atoms with Crippen molar-refractivity contribution in [3.63, 3.8) is 0 Å². The van der Waals surface area contributed by atoms with Gasteiger partial charge in [0.2, 0.25) is 0 Å². The lowest BCUT2D eigenvalue weighted by atomic mass is 10.4. The van der Waals surface area contributed by atoms with Crippen LogP contribution >= 0.6 is 0 Å². The topological polar surface area (TPSA) is 80.6 Å². The summed E-state index contributed by atoms with van der Waals surface area (Å²) in [5.74, 6) is 2.75. The number of H-pyrrole nitrogens is 1. The fourth-order valence-electron chi connectivity index (χ4n) is 1.50. The average molecular weight is 228 g/mol. The monoisotopic (exact) mass is 228 g/mol. The van der Waals surface area contributed by atoms with Crippen molar-refractivity contribution < 1.29 is 0 Å². The van der Waals surface area contributed by atoms with Crippen LogP contribution in [0, 0.1) is 18.4 Å². The zero-order valence-corrected chi connectivity index (χ0v) is 9.60. The number of nitrogens with zero attached hydrogens (tertiary/aromatic N) is 4. The Bertz CT molecular complexity index is 540. The van der Waals surface area contributed by atoms with Crippen molar-refractivity contribution in [3.8, 4) is 6.19 Å². The molecule has 0 amide bonds. The normalized spacial score (nSPS) is 9.71. The minimum atomic E-state index is 0.494. The standard InChI is InChI=1S/C11H12N6/c1-8-15-9(14-7-12)6-11(16-8)17(2)10-4-3-5-13-10/h3-6,13H,1-2H3,(H,14,15,16). The Kier molecular flexibility index (Phi) is 2.92. The van der Waals surface area contributed by atoms with Crippen LogP contribution in [-0.2, 0) is 0 Å². The highest BCUT2D eigenvalue weighted by molar-refractivity contribution is 5.59. The van der Waals surface area contributed by atoms with Crippen LogP contribution in [0.3, 0.4) is 0 Å². The van der Waals surface area contributed by atoms with Gasteiger partial charge >= 0.3 is 0 Å². The fourth-order valence-corrected chi connectivity index (χ4v) is 1.50. The van der Waals surface area contributed by atoms with Crippen LogP contribution in [0.25, 0.3) is 0 Å². The maximum absolute atomic E-state index is 8.58. The molecule has 0 radical (unpaired) electrons. The summed E-state index contributed by atoms with van der Waals surface area (Å²) in [6.45, 7) is 1.79. The molecule has 0 atom stereocenters. The molecule has 0 saturated carbocycles. The second kappa shape index (κ2) is 4.53. The third-order valence-electron chi connectivity index (χ3n) is 2.29. The molecule has 2 N–H and O–H groups in total. The molecule has 2 aromatic rings. The number of hydrogen-bond acceptors (Lipinski definition) is 5. The molecule has 0 aliphatic rings. The van der Waals surface area contributed by atoms with E-state index in [1.165, 1.54) is 0 Å². The van der Waals surface area contributed by atoms with Gasteiger partial charge in [0.15, 0.2) is 6.19 Å². The number of aromatic amines is 1. The van der Waals surface area contributed by atoms with Crippen LogP contribution in [0.15, 0.2) is 24.4 Å². The molecule has 0 unspecified atom stereocenters. The third-order valence-corrected chi connectivity index (χ3v) is 2.29. The lowest BCUT2D eigenvalue weighted by Gasteiger charge is -2.17. The van der Waals surface area contributed by atoms with Crippen LogP contribution < -0.4 is 10.2 Å². The summed E-state index contributed by atoms with van der Waals surface area (Å²) in [7, 11) is 1.89. The van der Waals surface area contributed by atoms with Crippen LogP contribution in [0.5, 0.6) is 0 Å². The molecule has 0 aliphatic heterocycles. The first-order valence-corrected chi connectivity index (χ1v) is 5.08. The molecule has 17 heavy (non-hydrogen) atoms. The molecule has 0 bridgehead atoms. The van der Waals surface area contributed by atoms with Gasteiger partial charge in [0.1, 0.15) is 23.3 Å². The summed E-state index contributed by atoms with van der Waals surface area (Å²) in [5.41, 5.74) is 0. The molecule has 0 aliphatic carbocycles. The lowest BCUT2D eigenvalue weighted by molar-refractivity contribution is 1.01. The highest BCUT2D eigenvalue weighted by Crippen LogP contribution is 2.21. The van der Waals surface area contributed by atoms with E-state index in [9.17, 15) is 0 Å². The number of rotatable bonds is 3. The van der Waals surface area contributed by atoms with E-state index in [0.717, 1.165) is 11.6 Å². The fraction of sp³-hybridized carbons (Fsp3) is 0.182. The van der Waals surface area contributed by atoms with Crippen LogP contribution in [0.1, 0.15) is 5.82 Å². The second-order valence-corrected chi connectivity index (χ2v) is 3.51. The van der Waals surface area contributed by atoms with Gasteiger partial charge in [-0.2, -0.15) is 5.26 Å². The molecule has 6 nitrogen and oxygen atoms in total. The Labute approximate surface area is 98.9 Å². The van der Waals surface area contributed by atoms with Crippen molar-refractivity contribution in [2.75, 3.05) is 17.3 Å². The average Bonchev–Trinajstić information content (AvgIpc) is 2.81. The summed E-state index contributed by atoms with van der Waals surface area (Å²) in [5, 5.41) is 11.1. The summed E-state index contributed by atoms with van der Waals surface area (Å²) in [4.78, 5) is 13.4. The van der Waals surface area contributed by atoms with Crippen molar-refractivity contribution in [2.24, 2.45) is 0 Å². The molecule has 0 saturated heterocycles. The van der Waals surface area contributed by atoms with Crippen molar-refractivity contribution in [2.45, 2.75) is 6.92 Å². The molecular weight excluding hydrogens is 216 g/mol. The Balaban J connectivity index is 2.35. The van der Waals surface area contributed by atoms with Gasteiger partial charge in [-0.15, -0.1) is 0 Å². The molecule has 0 aromatic carbocycles. The van der Waals surface area contributed by atoms with E-state index in [-0.39, 0.29) is 0 Å². The maximum atomic E-state index is 8.58. The molecule has 0 fully saturated rings. The predicted molar refractivity (Wildman–Crippen MR) is 64.9 cm³/mol. The van der Waals surface area contributed by atoms with Gasteiger partial charge in [-0.3, -0.25) is 5.32 Å². The smallest absolute Gasteiger partial charge is 0.182 e. The number of hydrogen-bond donors (Lipinski definition) is 2. The Hall–Kier alpha value is -2.55. The molecule has 86 valence electrons. The first kappa shape index (κ1) is 11.0. The summed E-state index contributed by atoms with van der Waals surface area (Å²) in [6.07, 6.45) is 3.69. The Morgan fingerprint density at radius 2 is 2.29 bits per heavy atom. The van der Waals surface area contributed by atoms with Gasteiger partial charge in [0.25, 0.3) is 0 Å². The molecule has 6 heteroatoms. The van der Waals surface area contributed by atoms with Crippen molar-refractivity contribution in [1.82, 2.24) is 15.0 Å². The van der Waals surface area contributed by atoms with E-state index < -0.39 is 0 Å². The molecule has 2 heterocycles. The van der Waals surface area contributed by atoms with Crippen molar-refractivity contribution in [3.05, 3.63) is 30.2 Å². The molecular formula is C11H12N6. The minimum absolute atomic E-state index is 0.494. The highest BCUT2D eigenvalue weighted by Gasteiger charge is 2.08. The van der Waals surface area contributed by atoms with Gasteiger partial charge in [0, 0.05) is 19.3 Å². The highest BCUT2D eigenvalue weighted by atomic mass is 15.2. The maximum Gasteiger partial charge on any atom is 0.182 e. The van der Waals surface area contributed by atoms with E-state index in [0.29, 0.717) is 11.6 Å².